The Bertz CT molecular complexity index is 3020. The number of nitrogens with zero attached hydrogens (tertiary/aromatic N) is 5. The van der Waals surface area contributed by atoms with Gasteiger partial charge in [-0.25, -0.2) is 18.4 Å². The van der Waals surface area contributed by atoms with Crippen molar-refractivity contribution < 1.29 is 22.4 Å². The molecule has 2 aliphatic carbocycles. The van der Waals surface area contributed by atoms with Crippen LogP contribution in [0.2, 0.25) is 5.02 Å². The van der Waals surface area contributed by atoms with Crippen molar-refractivity contribution in [2.75, 3.05) is 25.0 Å². The number of oxazole rings is 1. The highest BCUT2D eigenvalue weighted by atomic mass is 35.5. The monoisotopic (exact) mass is 883 g/mol. The smallest absolute Gasteiger partial charge is 0.240 e. The molecule has 3 aromatic carbocycles. The fourth-order valence-corrected chi connectivity index (χ4v) is 11.0. The molecule has 4 aliphatic rings. The summed E-state index contributed by atoms with van der Waals surface area (Å²) >= 11 is 7.25. The normalized spacial score (nSPS) is 20.5. The van der Waals surface area contributed by atoms with Gasteiger partial charge in [0.15, 0.2) is 11.4 Å². The quantitative estimate of drug-likeness (QED) is 0.0956. The second kappa shape index (κ2) is 16.0. The number of fused-ring (bicyclic) bond motifs is 3. The molecule has 3 fully saturated rings. The fourth-order valence-electron chi connectivity index (χ4n) is 9.42. The molecule has 63 heavy (non-hydrogen) atoms. The van der Waals surface area contributed by atoms with Crippen LogP contribution in [0.3, 0.4) is 0 Å². The van der Waals surface area contributed by atoms with Gasteiger partial charge in [-0.05, 0) is 117 Å². The van der Waals surface area contributed by atoms with Crippen molar-refractivity contribution in [3.05, 3.63) is 99.8 Å². The Morgan fingerprint density at radius 2 is 1.87 bits per heavy atom. The zero-order chi connectivity index (χ0) is 43.6. The molecule has 0 bridgehead atoms. The molecule has 2 saturated heterocycles. The van der Waals surface area contributed by atoms with Crippen LogP contribution in [0, 0.1) is 24.2 Å². The number of carbonyl (C=O) groups excluding carboxylic acids is 2. The largest absolute Gasteiger partial charge is 0.435 e. The van der Waals surface area contributed by atoms with E-state index in [0.717, 1.165) is 62.8 Å². The molecule has 5 heterocycles. The summed E-state index contributed by atoms with van der Waals surface area (Å²) in [4.78, 5) is 41.2. The van der Waals surface area contributed by atoms with Crippen LogP contribution in [0.1, 0.15) is 79.3 Å². The van der Waals surface area contributed by atoms with Gasteiger partial charge < -0.3 is 20.4 Å². The Morgan fingerprint density at radius 1 is 1.06 bits per heavy atom. The second-order valence-electron chi connectivity index (χ2n) is 17.5. The van der Waals surface area contributed by atoms with Crippen molar-refractivity contribution in [2.24, 2.45) is 5.92 Å². The molecule has 0 radical (unpaired) electrons. The Kier molecular flexibility index (Phi) is 10.4. The molecule has 4 N–H and O–H groups in total. The maximum absolute atomic E-state index is 13.1. The van der Waals surface area contributed by atoms with Crippen molar-refractivity contribution in [3.8, 4) is 28.7 Å². The van der Waals surface area contributed by atoms with Gasteiger partial charge >= 0.3 is 0 Å². The van der Waals surface area contributed by atoms with Crippen molar-refractivity contribution in [2.45, 2.75) is 82.2 Å². The molecule has 14 nitrogen and oxygen atoms in total. The number of sulfonamides is 1. The number of nitriles is 1. The van der Waals surface area contributed by atoms with Gasteiger partial charge in [0.25, 0.3) is 0 Å². The van der Waals surface area contributed by atoms with Crippen LogP contribution in [0.4, 0.5) is 11.5 Å². The zero-order valence-corrected chi connectivity index (χ0v) is 36.5. The average molecular weight is 884 g/mol. The number of hydrogen-bond acceptors (Lipinski definition) is 12. The number of hydrogen-bond donors (Lipinski definition) is 4. The van der Waals surface area contributed by atoms with E-state index in [1.54, 1.807) is 13.1 Å². The Morgan fingerprint density at radius 3 is 2.67 bits per heavy atom. The number of likely N-dealkylation sites (tertiary alicyclic amines) is 1. The van der Waals surface area contributed by atoms with Crippen LogP contribution in [0.25, 0.3) is 44.6 Å². The molecule has 0 unspecified atom stereocenters. The fraction of sp³-hybridized carbons (Fsp3) is 0.362. The van der Waals surface area contributed by atoms with Crippen LogP contribution >= 0.6 is 11.6 Å². The molecule has 3 atom stereocenters. The standard InChI is InChI=1S/C47H46ClN9O5S/c1-26-31(5-4-8-37(26)54-44-42-28(13-17-51-44)19-27(23-52-42)22-50-24-30-9-12-40(58)53-30)33-6-3-7-34(41(33)48)46-55-38-20-35-32(36(21-49)43(38)62-46)10-11-39(35)57-18-14-29(25-57)45(59)56-63(60,61)47(2)15-16-47/h3-8,13,17,19-20,23,29-30,39,50H,9-12,14-16,18,22,24-25H2,1-2H3,(H,51,54)(H,53,58)(H,56,59)/t29-,30+,39-/m1/s1. The molecule has 322 valence electrons. The summed E-state index contributed by atoms with van der Waals surface area (Å²) in [5.74, 6) is 0.151. The van der Waals surface area contributed by atoms with E-state index in [1.165, 1.54) is 0 Å². The first-order valence-electron chi connectivity index (χ1n) is 21.5. The molecular weight excluding hydrogens is 838 g/mol. The van der Waals surface area contributed by atoms with E-state index in [9.17, 15) is 23.3 Å². The number of amides is 2. The average Bonchev–Trinajstić information content (AvgIpc) is 3.73. The van der Waals surface area contributed by atoms with Crippen molar-refractivity contribution in [3.63, 3.8) is 0 Å². The van der Waals surface area contributed by atoms with Gasteiger partial charge in [0.1, 0.15) is 22.7 Å². The highest BCUT2D eigenvalue weighted by molar-refractivity contribution is 7.91. The molecule has 2 aliphatic heterocycles. The number of anilines is 2. The summed E-state index contributed by atoms with van der Waals surface area (Å²) in [6.45, 7) is 6.11. The van der Waals surface area contributed by atoms with E-state index >= 15 is 0 Å². The van der Waals surface area contributed by atoms with Crippen molar-refractivity contribution in [1.29, 1.82) is 5.26 Å². The Hall–Kier alpha value is -5.92. The predicted molar refractivity (Wildman–Crippen MR) is 240 cm³/mol. The zero-order valence-electron chi connectivity index (χ0n) is 34.9. The molecule has 3 aromatic heterocycles. The minimum atomic E-state index is -3.71. The summed E-state index contributed by atoms with van der Waals surface area (Å²) in [5.41, 5.74) is 9.13. The lowest BCUT2D eigenvalue weighted by atomic mass is 9.97. The van der Waals surface area contributed by atoms with Gasteiger partial charge in [0, 0.05) is 67.2 Å². The SMILES string of the molecule is Cc1c(Nc2nccc3cc(CNC[C@@H]4CCC(=O)N4)cnc23)cccc1-c1cccc(-c2nc3cc4c(c(C#N)c3o2)CC[C@H]4N2CC[C@@H](C(=O)NS(=O)(=O)C3(C)CC3)C2)c1Cl. The molecule has 0 spiro atoms. The van der Waals surface area contributed by atoms with E-state index < -0.39 is 26.6 Å². The van der Waals surface area contributed by atoms with Gasteiger partial charge in [-0.3, -0.25) is 24.2 Å². The van der Waals surface area contributed by atoms with Crippen molar-refractivity contribution >= 4 is 66.9 Å². The van der Waals surface area contributed by atoms with Gasteiger partial charge in [-0.15, -0.1) is 0 Å². The third-order valence-corrected chi connectivity index (χ3v) is 16.0. The van der Waals surface area contributed by atoms with E-state index in [2.05, 4.69) is 42.7 Å². The molecule has 10 rings (SSSR count). The number of nitrogens with one attached hydrogen (secondary N) is 4. The number of benzene rings is 3. The van der Waals surface area contributed by atoms with Gasteiger partial charge in [0.05, 0.1) is 21.3 Å². The van der Waals surface area contributed by atoms with E-state index in [-0.39, 0.29) is 18.0 Å². The number of aromatic nitrogens is 3. The Balaban J connectivity index is 0.880. The van der Waals surface area contributed by atoms with Crippen LogP contribution in [-0.4, -0.2) is 70.5 Å². The maximum Gasteiger partial charge on any atom is 0.240 e. The number of halogens is 1. The minimum Gasteiger partial charge on any atom is -0.435 e. The number of pyridine rings is 2. The lowest BCUT2D eigenvalue weighted by Gasteiger charge is -2.25. The van der Waals surface area contributed by atoms with Crippen LogP contribution in [-0.2, 0) is 32.6 Å². The van der Waals surface area contributed by atoms with E-state index in [1.807, 2.05) is 61.7 Å². The van der Waals surface area contributed by atoms with E-state index in [0.29, 0.717) is 97.2 Å². The third-order valence-electron chi connectivity index (χ3n) is 13.4. The van der Waals surface area contributed by atoms with Gasteiger partial charge in [0.2, 0.25) is 27.7 Å². The second-order valence-corrected chi connectivity index (χ2v) is 20.1. The van der Waals surface area contributed by atoms with Crippen LogP contribution in [0.5, 0.6) is 0 Å². The summed E-state index contributed by atoms with van der Waals surface area (Å²) in [6, 6.07) is 20.2. The lowest BCUT2D eigenvalue weighted by molar-refractivity contribution is -0.123. The molecular formula is C47H46ClN9O5S. The third kappa shape index (κ3) is 7.58. The van der Waals surface area contributed by atoms with Crippen LogP contribution < -0.4 is 20.7 Å². The topological polar surface area (TPSA) is 195 Å². The molecule has 6 aromatic rings. The maximum atomic E-state index is 13.1. The number of carbonyl (C=O) groups is 2. The number of rotatable bonds is 12. The minimum absolute atomic E-state index is 0.0405. The summed E-state index contributed by atoms with van der Waals surface area (Å²) in [6.07, 6.45) is 8.15. The highest BCUT2D eigenvalue weighted by Gasteiger charge is 2.51. The van der Waals surface area contributed by atoms with Gasteiger partial charge in [-0.1, -0.05) is 35.9 Å². The summed E-state index contributed by atoms with van der Waals surface area (Å²) < 4.78 is 33.4. The molecule has 2 amide bonds. The first-order chi connectivity index (χ1) is 30.4. The first-order valence-corrected chi connectivity index (χ1v) is 23.3. The van der Waals surface area contributed by atoms with Gasteiger partial charge in [-0.2, -0.15) is 5.26 Å². The Labute approximate surface area is 369 Å². The first kappa shape index (κ1) is 41.1. The summed E-state index contributed by atoms with van der Waals surface area (Å²) in [5, 5.41) is 21.8. The van der Waals surface area contributed by atoms with Crippen LogP contribution in [0.15, 0.2) is 71.4 Å². The predicted octanol–water partition coefficient (Wildman–Crippen LogP) is 7.36. The summed E-state index contributed by atoms with van der Waals surface area (Å²) in [7, 11) is -3.71. The van der Waals surface area contributed by atoms with Crippen molar-refractivity contribution in [1.82, 2.24) is 35.2 Å². The highest BCUT2D eigenvalue weighted by Crippen LogP contribution is 2.46. The lowest BCUT2D eigenvalue weighted by Crippen LogP contribution is -2.42. The van der Waals surface area contributed by atoms with E-state index in [4.69, 9.17) is 26.0 Å². The molecule has 1 saturated carbocycles. The molecule has 16 heteroatoms.